The highest BCUT2D eigenvalue weighted by molar-refractivity contribution is 5.93. The molecule has 1 aromatic carbocycles. The van der Waals surface area contributed by atoms with Crippen LogP contribution < -0.4 is 5.32 Å². The second kappa shape index (κ2) is 7.25. The van der Waals surface area contributed by atoms with Crippen LogP contribution in [0.5, 0.6) is 11.5 Å². The van der Waals surface area contributed by atoms with E-state index in [-0.39, 0.29) is 34.9 Å². The zero-order valence-corrected chi connectivity index (χ0v) is 16.5. The highest BCUT2D eigenvalue weighted by Crippen LogP contribution is 2.38. The number of carbonyl (C=O) groups is 1. The minimum absolute atomic E-state index is 0.0722. The minimum Gasteiger partial charge on any atom is -0.508 e. The van der Waals surface area contributed by atoms with Gasteiger partial charge in [-0.25, -0.2) is 0 Å². The maximum atomic E-state index is 12.8. The van der Waals surface area contributed by atoms with Crippen molar-refractivity contribution < 1.29 is 15.0 Å². The molecule has 27 heavy (non-hydrogen) atoms. The molecule has 1 aliphatic rings. The van der Waals surface area contributed by atoms with Crippen molar-refractivity contribution in [2.24, 2.45) is 0 Å². The summed E-state index contributed by atoms with van der Waals surface area (Å²) in [5.41, 5.74) is 2.05. The summed E-state index contributed by atoms with van der Waals surface area (Å²) in [6.07, 6.45) is 3.50. The number of rotatable bonds is 3. The molecule has 1 aromatic heterocycles. The molecule has 2 aromatic rings. The van der Waals surface area contributed by atoms with Gasteiger partial charge in [0.15, 0.2) is 0 Å². The zero-order chi connectivity index (χ0) is 19.8. The number of benzene rings is 1. The van der Waals surface area contributed by atoms with E-state index in [0.717, 1.165) is 36.9 Å². The van der Waals surface area contributed by atoms with E-state index in [0.29, 0.717) is 5.69 Å². The van der Waals surface area contributed by atoms with Gasteiger partial charge in [0.1, 0.15) is 17.2 Å². The molecule has 0 radical (unpaired) electrons. The van der Waals surface area contributed by atoms with Gasteiger partial charge in [-0.2, -0.15) is 5.10 Å². The molecule has 0 aliphatic heterocycles. The van der Waals surface area contributed by atoms with E-state index in [1.54, 1.807) is 16.8 Å². The van der Waals surface area contributed by atoms with Crippen LogP contribution in [0.15, 0.2) is 24.3 Å². The Labute approximate surface area is 160 Å². The maximum Gasteiger partial charge on any atom is 0.269 e. The minimum atomic E-state index is -0.255. The van der Waals surface area contributed by atoms with Crippen LogP contribution in [0.25, 0.3) is 0 Å². The SMILES string of the molecule is Cc1cc(C(=O)NC2CCC(c3ccc(O)cc3O)CC2)n(C(C)(C)C)n1. The normalized spacial score (nSPS) is 20.4. The summed E-state index contributed by atoms with van der Waals surface area (Å²) >= 11 is 0. The summed E-state index contributed by atoms with van der Waals surface area (Å²) in [5, 5.41) is 27.2. The maximum absolute atomic E-state index is 12.8. The molecule has 3 N–H and O–H groups in total. The third kappa shape index (κ3) is 4.26. The van der Waals surface area contributed by atoms with Gasteiger partial charge in [-0.15, -0.1) is 0 Å². The third-order valence-corrected chi connectivity index (χ3v) is 5.22. The Morgan fingerprint density at radius 2 is 1.81 bits per heavy atom. The van der Waals surface area contributed by atoms with Crippen LogP contribution in [0.4, 0.5) is 0 Å². The van der Waals surface area contributed by atoms with E-state index in [2.05, 4.69) is 10.4 Å². The average molecular weight is 371 g/mol. The quantitative estimate of drug-likeness (QED) is 0.765. The summed E-state index contributed by atoms with van der Waals surface area (Å²) in [5.74, 6) is 0.387. The smallest absolute Gasteiger partial charge is 0.269 e. The summed E-state index contributed by atoms with van der Waals surface area (Å²) < 4.78 is 1.79. The molecule has 0 spiro atoms. The van der Waals surface area contributed by atoms with E-state index in [9.17, 15) is 15.0 Å². The number of hydrogen-bond donors (Lipinski definition) is 3. The Bertz CT molecular complexity index is 828. The Morgan fingerprint density at radius 3 is 2.41 bits per heavy atom. The number of phenolic OH excluding ortho intramolecular Hbond substituents is 2. The number of carbonyl (C=O) groups excluding carboxylic acids is 1. The van der Waals surface area contributed by atoms with Crippen LogP contribution in [0.3, 0.4) is 0 Å². The number of amides is 1. The highest BCUT2D eigenvalue weighted by Gasteiger charge is 2.28. The lowest BCUT2D eigenvalue weighted by Gasteiger charge is -2.30. The first kappa shape index (κ1) is 19.3. The van der Waals surface area contributed by atoms with Gasteiger partial charge in [0, 0.05) is 12.1 Å². The van der Waals surface area contributed by atoms with E-state index in [4.69, 9.17) is 0 Å². The van der Waals surface area contributed by atoms with Crippen molar-refractivity contribution in [1.29, 1.82) is 0 Å². The fourth-order valence-electron chi connectivity index (χ4n) is 3.86. The van der Waals surface area contributed by atoms with Gasteiger partial charge in [0.05, 0.1) is 11.2 Å². The fraction of sp³-hybridized carbons (Fsp3) is 0.524. The summed E-state index contributed by atoms with van der Waals surface area (Å²) in [6, 6.07) is 6.74. The molecule has 0 bridgehead atoms. The predicted octanol–water partition coefficient (Wildman–Crippen LogP) is 3.81. The predicted molar refractivity (Wildman–Crippen MR) is 104 cm³/mol. The van der Waals surface area contributed by atoms with Crippen LogP contribution >= 0.6 is 0 Å². The second-order valence-corrected chi connectivity index (χ2v) is 8.52. The molecule has 0 saturated heterocycles. The molecular formula is C21H29N3O3. The van der Waals surface area contributed by atoms with Crippen LogP contribution in [0.1, 0.15) is 74.1 Å². The lowest BCUT2D eigenvalue weighted by atomic mass is 9.81. The van der Waals surface area contributed by atoms with Gasteiger partial charge in [0.25, 0.3) is 5.91 Å². The third-order valence-electron chi connectivity index (χ3n) is 5.22. The zero-order valence-electron chi connectivity index (χ0n) is 16.5. The van der Waals surface area contributed by atoms with Crippen LogP contribution in [0.2, 0.25) is 0 Å². The molecule has 146 valence electrons. The summed E-state index contributed by atoms with van der Waals surface area (Å²) in [4.78, 5) is 12.8. The molecule has 6 heteroatoms. The van der Waals surface area contributed by atoms with Crippen LogP contribution in [-0.2, 0) is 5.54 Å². The number of nitrogens with zero attached hydrogens (tertiary/aromatic N) is 2. The lowest BCUT2D eigenvalue weighted by Crippen LogP contribution is -2.39. The molecule has 1 aliphatic carbocycles. The van der Waals surface area contributed by atoms with Crippen molar-refractivity contribution in [3.05, 3.63) is 41.2 Å². The number of nitrogens with one attached hydrogen (secondary N) is 1. The van der Waals surface area contributed by atoms with Crippen molar-refractivity contribution in [2.75, 3.05) is 0 Å². The molecule has 1 heterocycles. The Hall–Kier alpha value is -2.50. The van der Waals surface area contributed by atoms with Crippen molar-refractivity contribution in [3.8, 4) is 11.5 Å². The molecule has 0 atom stereocenters. The van der Waals surface area contributed by atoms with Crippen LogP contribution in [-0.4, -0.2) is 31.9 Å². The first-order valence-electron chi connectivity index (χ1n) is 9.55. The molecule has 3 rings (SSSR count). The molecule has 1 saturated carbocycles. The monoisotopic (exact) mass is 371 g/mol. The number of hydrogen-bond acceptors (Lipinski definition) is 4. The number of aromatic nitrogens is 2. The first-order valence-corrected chi connectivity index (χ1v) is 9.55. The van der Waals surface area contributed by atoms with E-state index < -0.39 is 0 Å². The van der Waals surface area contributed by atoms with Crippen molar-refractivity contribution in [2.45, 2.75) is 70.9 Å². The molecule has 6 nitrogen and oxygen atoms in total. The van der Waals surface area contributed by atoms with Crippen molar-refractivity contribution >= 4 is 5.91 Å². The number of phenols is 2. The second-order valence-electron chi connectivity index (χ2n) is 8.52. The number of aromatic hydroxyl groups is 2. The molecular weight excluding hydrogens is 342 g/mol. The van der Waals surface area contributed by atoms with Gasteiger partial charge >= 0.3 is 0 Å². The van der Waals surface area contributed by atoms with Crippen LogP contribution in [0, 0.1) is 6.92 Å². The average Bonchev–Trinajstić information content (AvgIpc) is 2.98. The van der Waals surface area contributed by atoms with Gasteiger partial charge in [-0.1, -0.05) is 6.07 Å². The first-order chi connectivity index (χ1) is 12.6. The standard InChI is InChI=1S/C21H29N3O3/c1-13-11-18(24(23-13)21(2,3)4)20(27)22-15-7-5-14(6-8-15)17-10-9-16(25)12-19(17)26/h9-12,14-15,25-26H,5-8H2,1-4H3,(H,22,27). The highest BCUT2D eigenvalue weighted by atomic mass is 16.3. The van der Waals surface area contributed by atoms with E-state index in [1.165, 1.54) is 6.07 Å². The summed E-state index contributed by atoms with van der Waals surface area (Å²) in [7, 11) is 0. The van der Waals surface area contributed by atoms with Gasteiger partial charge in [-0.05, 0) is 77.0 Å². The van der Waals surface area contributed by atoms with Gasteiger partial charge < -0.3 is 15.5 Å². The fourth-order valence-corrected chi connectivity index (χ4v) is 3.86. The largest absolute Gasteiger partial charge is 0.508 e. The molecule has 1 fully saturated rings. The molecule has 1 amide bonds. The van der Waals surface area contributed by atoms with Gasteiger partial charge in [-0.3, -0.25) is 9.48 Å². The Morgan fingerprint density at radius 1 is 1.15 bits per heavy atom. The summed E-state index contributed by atoms with van der Waals surface area (Å²) in [6.45, 7) is 8.00. The van der Waals surface area contributed by atoms with Crippen molar-refractivity contribution in [1.82, 2.24) is 15.1 Å². The Balaban J connectivity index is 1.63. The Kier molecular flexibility index (Phi) is 5.18. The molecule has 0 unspecified atom stereocenters. The number of aryl methyl sites for hydroxylation is 1. The van der Waals surface area contributed by atoms with E-state index in [1.807, 2.05) is 33.8 Å². The van der Waals surface area contributed by atoms with Gasteiger partial charge in [0.2, 0.25) is 0 Å². The topological polar surface area (TPSA) is 87.4 Å². The van der Waals surface area contributed by atoms with E-state index >= 15 is 0 Å². The lowest BCUT2D eigenvalue weighted by molar-refractivity contribution is 0.0907. The van der Waals surface area contributed by atoms with Crippen molar-refractivity contribution in [3.63, 3.8) is 0 Å².